The quantitative estimate of drug-likeness (QED) is 0.682. The van der Waals surface area contributed by atoms with E-state index < -0.39 is 6.10 Å². The van der Waals surface area contributed by atoms with Crippen molar-refractivity contribution in [2.24, 2.45) is 5.73 Å². The van der Waals surface area contributed by atoms with Gasteiger partial charge in [-0.3, -0.25) is 4.79 Å². The first-order chi connectivity index (χ1) is 7.59. The minimum atomic E-state index is -0.668. The maximum Gasteiger partial charge on any atom is 0.221 e. The van der Waals surface area contributed by atoms with Gasteiger partial charge in [-0.05, 0) is 12.5 Å². The molecule has 2 atom stereocenters. The highest BCUT2D eigenvalue weighted by atomic mass is 16.3. The minimum Gasteiger partial charge on any atom is -0.387 e. The lowest BCUT2D eigenvalue weighted by Gasteiger charge is -2.12. The molecule has 4 nitrogen and oxygen atoms in total. The highest BCUT2D eigenvalue weighted by Gasteiger charge is 2.09. The van der Waals surface area contributed by atoms with Gasteiger partial charge in [-0.15, -0.1) is 0 Å². The molecule has 2 unspecified atom stereocenters. The van der Waals surface area contributed by atoms with Crippen LogP contribution in [0.4, 0.5) is 0 Å². The van der Waals surface area contributed by atoms with E-state index in [-0.39, 0.29) is 24.9 Å². The summed E-state index contributed by atoms with van der Waals surface area (Å²) in [5.41, 5.74) is 6.28. The van der Waals surface area contributed by atoms with Crippen molar-refractivity contribution in [3.05, 3.63) is 35.9 Å². The lowest BCUT2D eigenvalue weighted by molar-refractivity contribution is -0.121. The molecule has 0 aromatic heterocycles. The fourth-order valence-electron chi connectivity index (χ4n) is 1.37. The van der Waals surface area contributed by atoms with Crippen LogP contribution >= 0.6 is 0 Å². The van der Waals surface area contributed by atoms with Gasteiger partial charge in [-0.1, -0.05) is 30.3 Å². The number of nitrogens with one attached hydrogen (secondary N) is 1. The molecule has 16 heavy (non-hydrogen) atoms. The monoisotopic (exact) mass is 222 g/mol. The fourth-order valence-corrected chi connectivity index (χ4v) is 1.37. The summed E-state index contributed by atoms with van der Waals surface area (Å²) in [7, 11) is 0. The van der Waals surface area contributed by atoms with E-state index in [1.165, 1.54) is 0 Å². The number of nitrogens with two attached hydrogens (primary N) is 1. The van der Waals surface area contributed by atoms with E-state index in [1.807, 2.05) is 30.3 Å². The average Bonchev–Trinajstić information content (AvgIpc) is 2.26. The molecule has 0 spiro atoms. The number of amides is 1. The summed E-state index contributed by atoms with van der Waals surface area (Å²) < 4.78 is 0. The number of hydrogen-bond donors (Lipinski definition) is 3. The highest BCUT2D eigenvalue weighted by molar-refractivity contribution is 5.76. The predicted octanol–water partition coefficient (Wildman–Crippen LogP) is 0.573. The molecule has 0 saturated heterocycles. The van der Waals surface area contributed by atoms with Gasteiger partial charge in [0.1, 0.15) is 0 Å². The smallest absolute Gasteiger partial charge is 0.221 e. The third-order valence-electron chi connectivity index (χ3n) is 2.18. The number of rotatable bonds is 5. The first-order valence-electron chi connectivity index (χ1n) is 5.35. The predicted molar refractivity (Wildman–Crippen MR) is 62.7 cm³/mol. The van der Waals surface area contributed by atoms with E-state index in [2.05, 4.69) is 5.32 Å². The molecule has 0 saturated carbocycles. The summed E-state index contributed by atoms with van der Waals surface area (Å²) in [5, 5.41) is 12.4. The van der Waals surface area contributed by atoms with Crippen molar-refractivity contribution in [2.75, 3.05) is 6.54 Å². The van der Waals surface area contributed by atoms with Gasteiger partial charge in [0.15, 0.2) is 0 Å². The van der Waals surface area contributed by atoms with Crippen molar-refractivity contribution in [2.45, 2.75) is 25.5 Å². The Morgan fingerprint density at radius 1 is 1.44 bits per heavy atom. The standard InChI is InChI=1S/C12H18N2O2/c1-9(13)7-12(16)14-8-11(15)10-5-3-2-4-6-10/h2-6,9,11,15H,7-8,13H2,1H3,(H,14,16). The lowest BCUT2D eigenvalue weighted by Crippen LogP contribution is -2.32. The zero-order valence-corrected chi connectivity index (χ0v) is 9.39. The van der Waals surface area contributed by atoms with Crippen LogP contribution in [0.1, 0.15) is 25.0 Å². The van der Waals surface area contributed by atoms with Crippen LogP contribution in [0.2, 0.25) is 0 Å². The maximum atomic E-state index is 11.3. The van der Waals surface area contributed by atoms with Crippen molar-refractivity contribution in [3.63, 3.8) is 0 Å². The Balaban J connectivity index is 2.36. The number of carbonyl (C=O) groups is 1. The fraction of sp³-hybridized carbons (Fsp3) is 0.417. The number of carbonyl (C=O) groups excluding carboxylic acids is 1. The molecule has 0 aliphatic carbocycles. The van der Waals surface area contributed by atoms with E-state index in [0.717, 1.165) is 5.56 Å². The third kappa shape index (κ3) is 4.42. The van der Waals surface area contributed by atoms with Crippen LogP contribution in [0.3, 0.4) is 0 Å². The summed E-state index contributed by atoms with van der Waals surface area (Å²) in [6, 6.07) is 9.06. The molecule has 0 aliphatic rings. The number of aliphatic hydroxyl groups excluding tert-OH is 1. The zero-order valence-electron chi connectivity index (χ0n) is 9.39. The topological polar surface area (TPSA) is 75.4 Å². The molecule has 88 valence electrons. The first-order valence-corrected chi connectivity index (χ1v) is 5.35. The summed E-state index contributed by atoms with van der Waals surface area (Å²) in [6.07, 6.45) is -0.389. The third-order valence-corrected chi connectivity index (χ3v) is 2.18. The van der Waals surface area contributed by atoms with E-state index >= 15 is 0 Å². The van der Waals surface area contributed by atoms with E-state index in [0.29, 0.717) is 0 Å². The molecular weight excluding hydrogens is 204 g/mol. The Kier molecular flexibility index (Phi) is 4.95. The number of benzene rings is 1. The first kappa shape index (κ1) is 12.7. The normalized spacial score (nSPS) is 14.2. The molecule has 1 rings (SSSR count). The van der Waals surface area contributed by atoms with E-state index in [9.17, 15) is 9.90 Å². The molecule has 0 heterocycles. The Hall–Kier alpha value is -1.39. The summed E-state index contributed by atoms with van der Waals surface area (Å²) in [4.78, 5) is 11.3. The van der Waals surface area contributed by atoms with Crippen molar-refractivity contribution in [3.8, 4) is 0 Å². The van der Waals surface area contributed by atoms with Gasteiger partial charge in [0.2, 0.25) is 5.91 Å². The second-order valence-electron chi connectivity index (χ2n) is 3.91. The Morgan fingerprint density at radius 2 is 2.06 bits per heavy atom. The molecule has 0 bridgehead atoms. The molecule has 0 radical (unpaired) electrons. The minimum absolute atomic E-state index is 0.134. The van der Waals surface area contributed by atoms with Crippen LogP contribution in [0, 0.1) is 0 Å². The Bertz CT molecular complexity index is 325. The second-order valence-corrected chi connectivity index (χ2v) is 3.91. The Morgan fingerprint density at radius 3 is 2.62 bits per heavy atom. The van der Waals surface area contributed by atoms with Crippen LogP contribution in [0.5, 0.6) is 0 Å². The molecule has 1 amide bonds. The van der Waals surface area contributed by atoms with Gasteiger partial charge < -0.3 is 16.2 Å². The van der Waals surface area contributed by atoms with Gasteiger partial charge in [0, 0.05) is 19.0 Å². The van der Waals surface area contributed by atoms with E-state index in [1.54, 1.807) is 6.92 Å². The van der Waals surface area contributed by atoms with Crippen molar-refractivity contribution < 1.29 is 9.90 Å². The van der Waals surface area contributed by atoms with Gasteiger partial charge in [-0.2, -0.15) is 0 Å². The van der Waals surface area contributed by atoms with Crippen LogP contribution in [-0.4, -0.2) is 23.6 Å². The van der Waals surface area contributed by atoms with Crippen LogP contribution in [0.15, 0.2) is 30.3 Å². The zero-order chi connectivity index (χ0) is 12.0. The molecule has 0 fully saturated rings. The number of hydrogen-bond acceptors (Lipinski definition) is 3. The van der Waals surface area contributed by atoms with E-state index in [4.69, 9.17) is 5.73 Å². The van der Waals surface area contributed by atoms with Gasteiger partial charge in [-0.25, -0.2) is 0 Å². The summed E-state index contributed by atoms with van der Waals surface area (Å²) in [5.74, 6) is -0.134. The molecule has 1 aromatic rings. The van der Waals surface area contributed by atoms with Crippen LogP contribution < -0.4 is 11.1 Å². The number of aliphatic hydroxyl groups is 1. The van der Waals surface area contributed by atoms with Gasteiger partial charge >= 0.3 is 0 Å². The van der Waals surface area contributed by atoms with Gasteiger partial charge in [0.05, 0.1) is 6.10 Å². The van der Waals surface area contributed by atoms with Crippen molar-refractivity contribution >= 4 is 5.91 Å². The van der Waals surface area contributed by atoms with Crippen LogP contribution in [0.25, 0.3) is 0 Å². The molecule has 4 heteroatoms. The summed E-state index contributed by atoms with van der Waals surface area (Å²) >= 11 is 0. The molecule has 4 N–H and O–H groups in total. The average molecular weight is 222 g/mol. The second kappa shape index (κ2) is 6.25. The molecular formula is C12H18N2O2. The van der Waals surface area contributed by atoms with Gasteiger partial charge in [0.25, 0.3) is 0 Å². The highest BCUT2D eigenvalue weighted by Crippen LogP contribution is 2.10. The van der Waals surface area contributed by atoms with Crippen LogP contribution in [-0.2, 0) is 4.79 Å². The molecule has 1 aromatic carbocycles. The van der Waals surface area contributed by atoms with Crippen molar-refractivity contribution in [1.29, 1.82) is 0 Å². The maximum absolute atomic E-state index is 11.3. The Labute approximate surface area is 95.5 Å². The largest absolute Gasteiger partial charge is 0.387 e. The molecule has 0 aliphatic heterocycles. The summed E-state index contributed by atoms with van der Waals surface area (Å²) in [6.45, 7) is 1.99. The SMILES string of the molecule is CC(N)CC(=O)NCC(O)c1ccccc1. The lowest BCUT2D eigenvalue weighted by atomic mass is 10.1. The van der Waals surface area contributed by atoms with Crippen molar-refractivity contribution in [1.82, 2.24) is 5.32 Å².